The van der Waals surface area contributed by atoms with Crippen LogP contribution in [0.2, 0.25) is 0 Å². The molecule has 2 fully saturated rings. The number of carbonyl (C=O) groups is 1. The molecule has 1 aromatic carbocycles. The van der Waals surface area contributed by atoms with Gasteiger partial charge in [0.2, 0.25) is 11.8 Å². The van der Waals surface area contributed by atoms with Crippen molar-refractivity contribution in [3.63, 3.8) is 0 Å². The lowest BCUT2D eigenvalue weighted by Gasteiger charge is -2.29. The lowest BCUT2D eigenvalue weighted by atomic mass is 10.0. The van der Waals surface area contributed by atoms with Crippen LogP contribution in [-0.4, -0.2) is 48.8 Å². The quantitative estimate of drug-likeness (QED) is 0.704. The van der Waals surface area contributed by atoms with E-state index in [9.17, 15) is 4.79 Å². The number of ether oxygens (including phenoxy) is 1. The third kappa shape index (κ3) is 4.47. The number of aromatic nitrogens is 1. The zero-order valence-corrected chi connectivity index (χ0v) is 17.3. The van der Waals surface area contributed by atoms with E-state index in [1.54, 1.807) is 0 Å². The molecule has 1 amide bonds. The lowest BCUT2D eigenvalue weighted by molar-refractivity contribution is -0.136. The molecular weight excluding hydrogens is 366 g/mol. The van der Waals surface area contributed by atoms with Gasteiger partial charge in [-0.1, -0.05) is 55.3 Å². The van der Waals surface area contributed by atoms with E-state index in [4.69, 9.17) is 9.26 Å². The summed E-state index contributed by atoms with van der Waals surface area (Å²) in [6.45, 7) is 6.35. The van der Waals surface area contributed by atoms with E-state index >= 15 is 0 Å². The Morgan fingerprint density at radius 3 is 2.59 bits per heavy atom. The molecule has 0 N–H and O–H groups in total. The number of rotatable bonds is 7. The maximum atomic E-state index is 13.2. The van der Waals surface area contributed by atoms with Crippen LogP contribution in [0.5, 0.6) is 0 Å². The summed E-state index contributed by atoms with van der Waals surface area (Å²) in [4.78, 5) is 17.5. The fourth-order valence-corrected chi connectivity index (χ4v) is 4.44. The van der Waals surface area contributed by atoms with Crippen molar-refractivity contribution in [2.24, 2.45) is 5.92 Å². The molecule has 1 saturated carbocycles. The van der Waals surface area contributed by atoms with Crippen LogP contribution in [0, 0.1) is 5.92 Å². The van der Waals surface area contributed by atoms with Gasteiger partial charge in [-0.05, 0) is 19.3 Å². The number of nitrogens with zero attached hydrogens (tertiary/aromatic N) is 3. The maximum absolute atomic E-state index is 13.2. The van der Waals surface area contributed by atoms with Crippen molar-refractivity contribution in [2.45, 2.75) is 45.6 Å². The molecular formula is C23H31N3O3. The Morgan fingerprint density at radius 2 is 1.90 bits per heavy atom. The highest BCUT2D eigenvalue weighted by Gasteiger charge is 2.30. The van der Waals surface area contributed by atoms with Gasteiger partial charge in [-0.3, -0.25) is 4.79 Å². The van der Waals surface area contributed by atoms with Gasteiger partial charge in [0, 0.05) is 31.1 Å². The third-order valence-corrected chi connectivity index (χ3v) is 5.97. The van der Waals surface area contributed by atoms with E-state index < -0.39 is 0 Å². The normalized spacial score (nSPS) is 17.6. The monoisotopic (exact) mass is 397 g/mol. The van der Waals surface area contributed by atoms with E-state index in [1.807, 2.05) is 35.2 Å². The van der Waals surface area contributed by atoms with Gasteiger partial charge >= 0.3 is 0 Å². The second-order valence-electron chi connectivity index (χ2n) is 8.02. The zero-order chi connectivity index (χ0) is 20.1. The van der Waals surface area contributed by atoms with Gasteiger partial charge in [0.1, 0.15) is 5.69 Å². The largest absolute Gasteiger partial charge is 0.378 e. The first kappa shape index (κ1) is 20.0. The van der Waals surface area contributed by atoms with E-state index in [-0.39, 0.29) is 11.8 Å². The summed E-state index contributed by atoms with van der Waals surface area (Å²) in [7, 11) is 0. The molecule has 2 aliphatic rings. The molecule has 6 heteroatoms. The molecule has 1 aliphatic carbocycles. The van der Waals surface area contributed by atoms with Crippen LogP contribution in [0.4, 0.5) is 5.88 Å². The summed E-state index contributed by atoms with van der Waals surface area (Å²) in [6, 6.07) is 10.1. The van der Waals surface area contributed by atoms with Crippen molar-refractivity contribution in [3.8, 4) is 11.3 Å². The number of morpholine rings is 1. The van der Waals surface area contributed by atoms with Gasteiger partial charge in [0.05, 0.1) is 25.3 Å². The standard InChI is InChI=1S/C23H31N3O3/c1-2-12-26(22(27)19-10-6-7-11-19)17-20-21(18-8-4-3-5-9-18)24-29-23(20)25-13-15-28-16-14-25/h3-5,8-9,19H,2,6-7,10-17H2,1H3. The van der Waals surface area contributed by atoms with Crippen molar-refractivity contribution in [1.82, 2.24) is 10.1 Å². The smallest absolute Gasteiger partial charge is 0.233 e. The minimum absolute atomic E-state index is 0.174. The number of anilines is 1. The number of amides is 1. The second kappa shape index (κ2) is 9.44. The highest BCUT2D eigenvalue weighted by Crippen LogP contribution is 2.34. The Labute approximate surface area is 172 Å². The zero-order valence-electron chi connectivity index (χ0n) is 17.3. The van der Waals surface area contributed by atoms with Gasteiger partial charge < -0.3 is 19.1 Å². The summed E-state index contributed by atoms with van der Waals surface area (Å²) in [5, 5.41) is 4.44. The first-order valence-electron chi connectivity index (χ1n) is 10.9. The van der Waals surface area contributed by atoms with E-state index in [0.29, 0.717) is 19.8 Å². The molecule has 2 heterocycles. The molecule has 6 nitrogen and oxygen atoms in total. The Balaban J connectivity index is 1.66. The third-order valence-electron chi connectivity index (χ3n) is 5.97. The van der Waals surface area contributed by atoms with Gasteiger partial charge in [-0.2, -0.15) is 0 Å². The van der Waals surface area contributed by atoms with Crippen molar-refractivity contribution in [1.29, 1.82) is 0 Å². The van der Waals surface area contributed by atoms with Crippen molar-refractivity contribution in [3.05, 3.63) is 35.9 Å². The highest BCUT2D eigenvalue weighted by molar-refractivity contribution is 5.80. The Hall–Kier alpha value is -2.34. The van der Waals surface area contributed by atoms with Crippen LogP contribution in [0.15, 0.2) is 34.9 Å². The molecule has 1 aromatic heterocycles. The topological polar surface area (TPSA) is 58.8 Å². The first-order chi connectivity index (χ1) is 14.3. The van der Waals surface area contributed by atoms with E-state index in [1.165, 1.54) is 0 Å². The summed E-state index contributed by atoms with van der Waals surface area (Å²) in [5.74, 6) is 1.25. The number of carbonyl (C=O) groups excluding carboxylic acids is 1. The molecule has 156 valence electrons. The van der Waals surface area contributed by atoms with Gasteiger partial charge in [-0.25, -0.2) is 0 Å². The number of benzene rings is 1. The highest BCUT2D eigenvalue weighted by atomic mass is 16.5. The van der Waals surface area contributed by atoms with Crippen LogP contribution in [0.1, 0.15) is 44.6 Å². The van der Waals surface area contributed by atoms with Gasteiger partial charge in [-0.15, -0.1) is 0 Å². The molecule has 0 radical (unpaired) electrons. The Kier molecular flexibility index (Phi) is 6.49. The van der Waals surface area contributed by atoms with Crippen molar-refractivity contribution in [2.75, 3.05) is 37.7 Å². The predicted molar refractivity (Wildman–Crippen MR) is 113 cm³/mol. The van der Waals surface area contributed by atoms with Crippen LogP contribution in [0.25, 0.3) is 11.3 Å². The van der Waals surface area contributed by atoms with Crippen LogP contribution in [0.3, 0.4) is 0 Å². The summed E-state index contributed by atoms with van der Waals surface area (Å²) < 4.78 is 11.4. The van der Waals surface area contributed by atoms with Crippen LogP contribution >= 0.6 is 0 Å². The van der Waals surface area contributed by atoms with Crippen LogP contribution in [-0.2, 0) is 16.1 Å². The molecule has 29 heavy (non-hydrogen) atoms. The molecule has 0 unspecified atom stereocenters. The molecule has 0 spiro atoms. The molecule has 0 bridgehead atoms. The van der Waals surface area contributed by atoms with Gasteiger partial charge in [0.15, 0.2) is 0 Å². The predicted octanol–water partition coefficient (Wildman–Crippen LogP) is 4.11. The minimum Gasteiger partial charge on any atom is -0.378 e. The van der Waals surface area contributed by atoms with E-state index in [2.05, 4.69) is 17.0 Å². The summed E-state index contributed by atoms with van der Waals surface area (Å²) in [5.41, 5.74) is 2.88. The van der Waals surface area contributed by atoms with Crippen LogP contribution < -0.4 is 4.90 Å². The average molecular weight is 398 g/mol. The molecule has 2 aromatic rings. The Bertz CT molecular complexity index is 793. The maximum Gasteiger partial charge on any atom is 0.233 e. The number of hydrogen-bond acceptors (Lipinski definition) is 5. The fraction of sp³-hybridized carbons (Fsp3) is 0.565. The van der Waals surface area contributed by atoms with Crippen molar-refractivity contribution < 1.29 is 14.1 Å². The second-order valence-corrected chi connectivity index (χ2v) is 8.02. The van der Waals surface area contributed by atoms with Gasteiger partial charge in [0.25, 0.3) is 0 Å². The summed E-state index contributed by atoms with van der Waals surface area (Å²) in [6.07, 6.45) is 5.31. The number of hydrogen-bond donors (Lipinski definition) is 0. The molecule has 1 saturated heterocycles. The summed E-state index contributed by atoms with van der Waals surface area (Å²) >= 11 is 0. The fourth-order valence-electron chi connectivity index (χ4n) is 4.44. The first-order valence-corrected chi connectivity index (χ1v) is 10.9. The molecule has 1 aliphatic heterocycles. The average Bonchev–Trinajstić information content (AvgIpc) is 3.45. The molecule has 0 atom stereocenters. The minimum atomic E-state index is 0.174. The van der Waals surface area contributed by atoms with Crippen molar-refractivity contribution >= 4 is 11.8 Å². The lowest BCUT2D eigenvalue weighted by Crippen LogP contribution is -2.38. The SMILES string of the molecule is CCCN(Cc1c(-c2ccccc2)noc1N1CCOCC1)C(=O)C1CCCC1. The van der Waals surface area contributed by atoms with E-state index in [0.717, 1.165) is 74.4 Å². The Morgan fingerprint density at radius 1 is 1.17 bits per heavy atom. The molecule has 4 rings (SSSR count).